The molecule has 0 aliphatic carbocycles. The zero-order chi connectivity index (χ0) is 15.0. The molecule has 1 N–H and O–H groups in total. The van der Waals surface area contributed by atoms with Crippen LogP contribution in [-0.2, 0) is 11.3 Å². The van der Waals surface area contributed by atoms with Gasteiger partial charge >= 0.3 is 0 Å². The molecule has 0 unspecified atom stereocenters. The summed E-state index contributed by atoms with van der Waals surface area (Å²) in [7, 11) is 1.68. The molecule has 5 heteroatoms. The van der Waals surface area contributed by atoms with Crippen LogP contribution in [0, 0.1) is 5.92 Å². The molecule has 0 bridgehead atoms. The van der Waals surface area contributed by atoms with E-state index < -0.39 is 0 Å². The number of hydrogen-bond donors (Lipinski definition) is 1. The molecule has 0 aliphatic heterocycles. The van der Waals surface area contributed by atoms with Gasteiger partial charge in [0, 0.05) is 30.8 Å². The zero-order valence-corrected chi connectivity index (χ0v) is 13.9. The number of hydrogen-bond acceptors (Lipinski definition) is 3. The van der Waals surface area contributed by atoms with Crippen LogP contribution in [0.15, 0.2) is 12.1 Å². The maximum absolute atomic E-state index is 6.23. The summed E-state index contributed by atoms with van der Waals surface area (Å²) in [6.07, 6.45) is 0.996. The summed E-state index contributed by atoms with van der Waals surface area (Å²) in [5, 5.41) is 4.45. The maximum atomic E-state index is 6.23. The predicted octanol–water partition coefficient (Wildman–Crippen LogP) is 4.15. The Morgan fingerprint density at radius 3 is 2.60 bits per heavy atom. The highest BCUT2D eigenvalue weighted by Crippen LogP contribution is 2.32. The van der Waals surface area contributed by atoms with Gasteiger partial charge in [-0.1, -0.05) is 37.0 Å². The van der Waals surface area contributed by atoms with E-state index in [-0.39, 0.29) is 0 Å². The van der Waals surface area contributed by atoms with Crippen LogP contribution in [0.25, 0.3) is 0 Å². The molecule has 0 saturated heterocycles. The van der Waals surface area contributed by atoms with Crippen LogP contribution in [-0.4, -0.2) is 26.9 Å². The molecule has 0 amide bonds. The monoisotopic (exact) mass is 319 g/mol. The van der Waals surface area contributed by atoms with Gasteiger partial charge in [-0.15, -0.1) is 0 Å². The summed E-state index contributed by atoms with van der Waals surface area (Å²) in [4.78, 5) is 0. The van der Waals surface area contributed by atoms with Crippen molar-refractivity contribution < 1.29 is 9.47 Å². The maximum Gasteiger partial charge on any atom is 0.142 e. The first-order valence-corrected chi connectivity index (χ1v) is 7.60. The lowest BCUT2D eigenvalue weighted by molar-refractivity contribution is 0.199. The summed E-state index contributed by atoms with van der Waals surface area (Å²) in [5.74, 6) is 1.32. The number of methoxy groups -OCH3 is 1. The molecule has 0 radical (unpaired) electrons. The van der Waals surface area contributed by atoms with Gasteiger partial charge in [0.1, 0.15) is 5.75 Å². The second-order valence-corrected chi connectivity index (χ2v) is 5.92. The Balaban J connectivity index is 2.68. The van der Waals surface area contributed by atoms with E-state index in [9.17, 15) is 0 Å². The molecule has 0 spiro atoms. The van der Waals surface area contributed by atoms with Crippen molar-refractivity contribution >= 4 is 23.2 Å². The van der Waals surface area contributed by atoms with Crippen LogP contribution < -0.4 is 10.1 Å². The molecule has 1 aromatic carbocycles. The van der Waals surface area contributed by atoms with Crippen LogP contribution in [0.3, 0.4) is 0 Å². The van der Waals surface area contributed by atoms with E-state index in [2.05, 4.69) is 19.2 Å². The molecule has 114 valence electrons. The average Bonchev–Trinajstić information content (AvgIpc) is 2.37. The van der Waals surface area contributed by atoms with Crippen molar-refractivity contribution in [3.63, 3.8) is 0 Å². The minimum atomic E-state index is 0.560. The Morgan fingerprint density at radius 1 is 1.20 bits per heavy atom. The van der Waals surface area contributed by atoms with Crippen LogP contribution in [0.2, 0.25) is 10.0 Å². The topological polar surface area (TPSA) is 30.5 Å². The van der Waals surface area contributed by atoms with Crippen molar-refractivity contribution in [3.05, 3.63) is 27.7 Å². The normalized spacial score (nSPS) is 11.1. The molecule has 1 rings (SSSR count). The number of benzene rings is 1. The van der Waals surface area contributed by atoms with E-state index in [1.807, 2.05) is 6.07 Å². The van der Waals surface area contributed by atoms with Gasteiger partial charge in [-0.05, 0) is 24.5 Å². The fourth-order valence-corrected chi connectivity index (χ4v) is 2.29. The van der Waals surface area contributed by atoms with Gasteiger partial charge in [0.15, 0.2) is 0 Å². The van der Waals surface area contributed by atoms with Gasteiger partial charge < -0.3 is 14.8 Å². The van der Waals surface area contributed by atoms with E-state index in [4.69, 9.17) is 32.7 Å². The standard InChI is InChI=1S/C15H23Cl2NO2/c1-11(2)4-6-20-15-12(10-18-5-7-19-3)8-13(16)9-14(15)17/h8-9,11,18H,4-7,10H2,1-3H3. The average molecular weight is 320 g/mol. The molecule has 0 saturated carbocycles. The number of nitrogens with one attached hydrogen (secondary N) is 1. The third-order valence-electron chi connectivity index (χ3n) is 2.83. The Labute approximate surface area is 131 Å². The van der Waals surface area contributed by atoms with Crippen molar-refractivity contribution in [2.75, 3.05) is 26.9 Å². The molecule has 1 aromatic rings. The Kier molecular flexibility index (Phi) is 8.31. The van der Waals surface area contributed by atoms with Gasteiger partial charge in [0.25, 0.3) is 0 Å². The minimum absolute atomic E-state index is 0.560. The molecular formula is C15H23Cl2NO2. The molecule has 0 fully saturated rings. The molecule has 0 aliphatic rings. The van der Waals surface area contributed by atoms with Crippen molar-refractivity contribution in [3.8, 4) is 5.75 Å². The Bertz CT molecular complexity index is 411. The lowest BCUT2D eigenvalue weighted by Gasteiger charge is -2.15. The van der Waals surface area contributed by atoms with E-state index in [1.165, 1.54) is 0 Å². The van der Waals surface area contributed by atoms with Crippen LogP contribution in [0.1, 0.15) is 25.8 Å². The first kappa shape index (κ1) is 17.6. The first-order chi connectivity index (χ1) is 9.54. The van der Waals surface area contributed by atoms with Crippen molar-refractivity contribution in [2.24, 2.45) is 5.92 Å². The SMILES string of the molecule is COCCNCc1cc(Cl)cc(Cl)c1OCCC(C)C. The van der Waals surface area contributed by atoms with Crippen molar-refractivity contribution in [1.29, 1.82) is 0 Å². The third kappa shape index (κ3) is 6.31. The number of rotatable bonds is 9. The van der Waals surface area contributed by atoms with Gasteiger partial charge in [-0.2, -0.15) is 0 Å². The third-order valence-corrected chi connectivity index (χ3v) is 3.32. The van der Waals surface area contributed by atoms with Crippen molar-refractivity contribution in [1.82, 2.24) is 5.32 Å². The predicted molar refractivity (Wildman–Crippen MR) is 85.0 cm³/mol. The van der Waals surface area contributed by atoms with Gasteiger partial charge in [0.05, 0.1) is 18.2 Å². The van der Waals surface area contributed by atoms with Crippen molar-refractivity contribution in [2.45, 2.75) is 26.8 Å². The zero-order valence-electron chi connectivity index (χ0n) is 12.3. The van der Waals surface area contributed by atoms with E-state index >= 15 is 0 Å². The summed E-state index contributed by atoms with van der Waals surface area (Å²) in [5.41, 5.74) is 0.974. The highest BCUT2D eigenvalue weighted by molar-refractivity contribution is 6.35. The quantitative estimate of drug-likeness (QED) is 0.693. The van der Waals surface area contributed by atoms with Gasteiger partial charge in [-0.3, -0.25) is 0 Å². The number of ether oxygens (including phenoxy) is 2. The summed E-state index contributed by atoms with van der Waals surface area (Å²) in [6.45, 7) is 7.08. The largest absolute Gasteiger partial charge is 0.492 e. The van der Waals surface area contributed by atoms with Gasteiger partial charge in [0.2, 0.25) is 0 Å². The van der Waals surface area contributed by atoms with E-state index in [0.29, 0.717) is 35.7 Å². The smallest absolute Gasteiger partial charge is 0.142 e. The fraction of sp³-hybridized carbons (Fsp3) is 0.600. The molecule has 0 aromatic heterocycles. The first-order valence-electron chi connectivity index (χ1n) is 6.85. The highest BCUT2D eigenvalue weighted by atomic mass is 35.5. The molecule has 3 nitrogen and oxygen atoms in total. The summed E-state index contributed by atoms with van der Waals surface area (Å²) >= 11 is 12.3. The van der Waals surface area contributed by atoms with Crippen LogP contribution >= 0.6 is 23.2 Å². The van der Waals surface area contributed by atoms with Crippen LogP contribution in [0.4, 0.5) is 0 Å². The second kappa shape index (κ2) is 9.46. The summed E-state index contributed by atoms with van der Waals surface area (Å²) in [6, 6.07) is 3.60. The lowest BCUT2D eigenvalue weighted by atomic mass is 10.1. The fourth-order valence-electron chi connectivity index (χ4n) is 1.70. The molecule has 20 heavy (non-hydrogen) atoms. The lowest BCUT2D eigenvalue weighted by Crippen LogP contribution is -2.19. The van der Waals surface area contributed by atoms with Crippen LogP contribution in [0.5, 0.6) is 5.75 Å². The summed E-state index contributed by atoms with van der Waals surface area (Å²) < 4.78 is 10.8. The molecule has 0 atom stereocenters. The minimum Gasteiger partial charge on any atom is -0.492 e. The Morgan fingerprint density at radius 2 is 1.95 bits per heavy atom. The Hall–Kier alpha value is -0.480. The second-order valence-electron chi connectivity index (χ2n) is 5.08. The number of halogens is 2. The van der Waals surface area contributed by atoms with E-state index in [1.54, 1.807) is 13.2 Å². The molecular weight excluding hydrogens is 297 g/mol. The molecule has 0 heterocycles. The van der Waals surface area contributed by atoms with E-state index in [0.717, 1.165) is 24.3 Å². The van der Waals surface area contributed by atoms with Gasteiger partial charge in [-0.25, -0.2) is 0 Å². The highest BCUT2D eigenvalue weighted by Gasteiger charge is 2.11.